The first-order valence-corrected chi connectivity index (χ1v) is 13.4. The van der Waals surface area contributed by atoms with E-state index < -0.39 is 7.26 Å². The lowest BCUT2D eigenvalue weighted by molar-refractivity contribution is 0.586. The van der Waals surface area contributed by atoms with Gasteiger partial charge in [0.15, 0.2) is 0 Å². The number of hydrogen-bond donors (Lipinski definition) is 0. The van der Waals surface area contributed by atoms with Crippen LogP contribution in [-0.2, 0) is 0 Å². The first kappa shape index (κ1) is 24.3. The van der Waals surface area contributed by atoms with E-state index in [0.717, 1.165) is 0 Å². The zero-order chi connectivity index (χ0) is 20.2. The topological polar surface area (TPSA) is 30.0 Å². The van der Waals surface area contributed by atoms with Crippen molar-refractivity contribution in [2.45, 2.75) is 58.3 Å². The van der Waals surface area contributed by atoms with Crippen molar-refractivity contribution < 1.29 is 5.48 Å². The first-order chi connectivity index (χ1) is 14.4. The van der Waals surface area contributed by atoms with Crippen molar-refractivity contribution >= 4 is 23.2 Å². The van der Waals surface area contributed by atoms with Crippen molar-refractivity contribution in [1.29, 1.82) is 0 Å². The van der Waals surface area contributed by atoms with Gasteiger partial charge < -0.3 is 5.48 Å². The molecule has 1 nitrogen and oxygen atoms in total. The van der Waals surface area contributed by atoms with E-state index in [9.17, 15) is 0 Å². The van der Waals surface area contributed by atoms with Crippen LogP contribution in [0.1, 0.15) is 58.3 Å². The highest BCUT2D eigenvalue weighted by Gasteiger charge is 2.44. The van der Waals surface area contributed by atoms with Crippen LogP contribution < -0.4 is 15.9 Å². The molecule has 3 aromatic carbocycles. The summed E-state index contributed by atoms with van der Waals surface area (Å²) < 4.78 is 0. The van der Waals surface area contributed by atoms with Gasteiger partial charge in [0, 0.05) is 0 Å². The third kappa shape index (κ3) is 6.27. The second-order valence-corrected chi connectivity index (χ2v) is 11.6. The molecule has 0 saturated carbocycles. The quantitative estimate of drug-likeness (QED) is 0.230. The number of hydrogen-bond acceptors (Lipinski definition) is 1. The van der Waals surface area contributed by atoms with E-state index in [1.54, 1.807) is 0 Å². The van der Waals surface area contributed by atoms with Crippen LogP contribution in [0.5, 0.6) is 0 Å². The highest BCUT2D eigenvalue weighted by molar-refractivity contribution is 7.95. The zero-order valence-corrected chi connectivity index (χ0v) is 19.3. The van der Waals surface area contributed by atoms with E-state index in [1.807, 2.05) is 0 Å². The lowest BCUT2D eigenvalue weighted by Gasteiger charge is -2.27. The molecule has 0 spiro atoms. The second kappa shape index (κ2) is 13.4. The Kier molecular flexibility index (Phi) is 10.8. The van der Waals surface area contributed by atoms with E-state index in [4.69, 9.17) is 0 Å². The van der Waals surface area contributed by atoms with Crippen molar-refractivity contribution in [2.75, 3.05) is 6.16 Å². The Balaban J connectivity index is 0.00000320. The molecule has 0 heterocycles. The van der Waals surface area contributed by atoms with Crippen molar-refractivity contribution in [3.8, 4) is 0 Å². The molecule has 0 aliphatic carbocycles. The lowest BCUT2D eigenvalue weighted by atomic mass is 10.1. The van der Waals surface area contributed by atoms with Gasteiger partial charge in [-0.15, -0.1) is 0 Å². The molecule has 0 amide bonds. The molecule has 160 valence electrons. The van der Waals surface area contributed by atoms with Crippen LogP contribution in [0.25, 0.3) is 0 Å². The third-order valence-corrected chi connectivity index (χ3v) is 10.5. The highest BCUT2D eigenvalue weighted by atomic mass is 31.2. The van der Waals surface area contributed by atoms with Crippen molar-refractivity contribution in [3.05, 3.63) is 91.0 Å². The Bertz CT molecular complexity index is 705. The molecule has 0 fully saturated rings. The lowest BCUT2D eigenvalue weighted by Crippen LogP contribution is -2.33. The molecule has 0 atom stereocenters. The molecule has 2 heteroatoms. The van der Waals surface area contributed by atoms with Crippen LogP contribution >= 0.6 is 7.26 Å². The van der Waals surface area contributed by atoms with Crippen molar-refractivity contribution in [1.82, 2.24) is 0 Å². The molecule has 30 heavy (non-hydrogen) atoms. The summed E-state index contributed by atoms with van der Waals surface area (Å²) in [5.41, 5.74) is 0. The summed E-state index contributed by atoms with van der Waals surface area (Å²) in [5, 5.41) is 4.54. The van der Waals surface area contributed by atoms with Crippen LogP contribution in [0.3, 0.4) is 0 Å². The van der Waals surface area contributed by atoms with Crippen LogP contribution in [0.4, 0.5) is 0 Å². The molecule has 3 rings (SSSR count). The van der Waals surface area contributed by atoms with E-state index in [-0.39, 0.29) is 5.48 Å². The summed E-state index contributed by atoms with van der Waals surface area (Å²) in [7, 11) is -1.62. The maximum absolute atomic E-state index is 2.36. The Morgan fingerprint density at radius 3 is 1.17 bits per heavy atom. The minimum atomic E-state index is -1.62. The molecule has 0 aliphatic heterocycles. The van der Waals surface area contributed by atoms with Gasteiger partial charge in [-0.05, 0) is 49.2 Å². The molecule has 3 aromatic rings. The Hall–Kier alpha value is -1.95. The predicted molar refractivity (Wildman–Crippen MR) is 135 cm³/mol. The molecular weight excluding hydrogens is 383 g/mol. The first-order valence-electron chi connectivity index (χ1n) is 11.4. The molecule has 0 unspecified atom stereocenters. The molecule has 0 radical (unpaired) electrons. The van der Waals surface area contributed by atoms with Crippen LogP contribution in [0.15, 0.2) is 91.0 Å². The average molecular weight is 421 g/mol. The zero-order valence-electron chi connectivity index (χ0n) is 18.4. The number of rotatable bonds is 12. The van der Waals surface area contributed by atoms with Crippen LogP contribution in [0, 0.1) is 0 Å². The molecular formula is C28H37OP. The maximum atomic E-state index is 2.36. The van der Waals surface area contributed by atoms with Crippen LogP contribution in [-0.4, -0.2) is 11.6 Å². The minimum absolute atomic E-state index is 0. The fourth-order valence-corrected chi connectivity index (χ4v) is 8.78. The number of benzene rings is 3. The van der Waals surface area contributed by atoms with Gasteiger partial charge in [0.25, 0.3) is 0 Å². The van der Waals surface area contributed by atoms with E-state index in [0.29, 0.717) is 0 Å². The molecule has 1 N–H and O–H groups in total. The molecule has 0 aliphatic rings. The summed E-state index contributed by atoms with van der Waals surface area (Å²) >= 11 is 0. The van der Waals surface area contributed by atoms with Gasteiger partial charge in [-0.25, -0.2) is 0 Å². The van der Waals surface area contributed by atoms with Gasteiger partial charge in [-0.3, -0.25) is 0 Å². The Morgan fingerprint density at radius 2 is 0.800 bits per heavy atom. The van der Waals surface area contributed by atoms with E-state index in [1.165, 1.54) is 73.4 Å². The molecule has 0 bridgehead atoms. The second-order valence-electron chi connectivity index (χ2n) is 8.01. The van der Waals surface area contributed by atoms with Gasteiger partial charge >= 0.3 is 0 Å². The Labute approximate surface area is 184 Å². The fraction of sp³-hybridized carbons (Fsp3) is 0.357. The molecule has 0 saturated heterocycles. The van der Waals surface area contributed by atoms with Gasteiger partial charge in [0.1, 0.15) is 23.2 Å². The fourth-order valence-electron chi connectivity index (χ4n) is 4.36. The van der Waals surface area contributed by atoms with Gasteiger partial charge in [0.2, 0.25) is 0 Å². The summed E-state index contributed by atoms with van der Waals surface area (Å²) in [6.45, 7) is 2.29. The standard InChI is InChI=1S/C28H36P.H2O/c1-2-3-4-5-6-7-8-18-25-29(26-19-12-9-13-20-26,27-21-14-10-15-22-27)28-23-16-11-17-24-28;/h9-17,19-24H,2-8,18,25H2,1H3;1H2/q+1;/p-1. The smallest absolute Gasteiger partial charge is 0.112 e. The predicted octanol–water partition coefficient (Wildman–Crippen LogP) is 6.94. The normalized spacial score (nSPS) is 11.1. The van der Waals surface area contributed by atoms with Crippen molar-refractivity contribution in [3.63, 3.8) is 0 Å². The van der Waals surface area contributed by atoms with E-state index in [2.05, 4.69) is 97.9 Å². The summed E-state index contributed by atoms with van der Waals surface area (Å²) in [4.78, 5) is 0. The maximum Gasteiger partial charge on any atom is 0.112 e. The number of unbranched alkanes of at least 4 members (excludes halogenated alkanes) is 7. The van der Waals surface area contributed by atoms with E-state index >= 15 is 0 Å². The van der Waals surface area contributed by atoms with Gasteiger partial charge in [0.05, 0.1) is 6.16 Å². The largest absolute Gasteiger partial charge is 0.870 e. The molecule has 0 aromatic heterocycles. The van der Waals surface area contributed by atoms with Gasteiger partial charge in [-0.1, -0.05) is 100 Å². The minimum Gasteiger partial charge on any atom is -0.870 e. The summed E-state index contributed by atoms with van der Waals surface area (Å²) in [5.74, 6) is 0. The van der Waals surface area contributed by atoms with Crippen LogP contribution in [0.2, 0.25) is 0 Å². The SMILES string of the molecule is CCCCCCCCCC[P+](c1ccccc1)(c1ccccc1)c1ccccc1.[OH-]. The van der Waals surface area contributed by atoms with Crippen molar-refractivity contribution in [2.24, 2.45) is 0 Å². The highest BCUT2D eigenvalue weighted by Crippen LogP contribution is 2.55. The Morgan fingerprint density at radius 1 is 0.467 bits per heavy atom. The summed E-state index contributed by atoms with van der Waals surface area (Å²) in [6.07, 6.45) is 12.2. The van der Waals surface area contributed by atoms with Gasteiger partial charge in [-0.2, -0.15) is 0 Å². The monoisotopic (exact) mass is 420 g/mol. The summed E-state index contributed by atoms with van der Waals surface area (Å²) in [6, 6.07) is 33.9. The average Bonchev–Trinajstić information content (AvgIpc) is 2.80. The third-order valence-electron chi connectivity index (χ3n) is 5.94.